The summed E-state index contributed by atoms with van der Waals surface area (Å²) in [6.07, 6.45) is 94.4. The van der Waals surface area contributed by atoms with Crippen LogP contribution in [0, 0.1) is 0 Å². The Bertz CT molecular complexity index is 1770. The van der Waals surface area contributed by atoms with Crippen LogP contribution in [0.25, 0.3) is 0 Å². The summed E-state index contributed by atoms with van der Waals surface area (Å²) in [4.78, 5) is 35.3. The van der Waals surface area contributed by atoms with Gasteiger partial charge in [0, 0.05) is 19.4 Å². The summed E-state index contributed by atoms with van der Waals surface area (Å²) in [6.45, 7) is 3.59. The summed E-state index contributed by atoms with van der Waals surface area (Å²) < 4.78 is 33.1. The normalized spacial score (nSPS) is 13.7. The van der Waals surface area contributed by atoms with Crippen molar-refractivity contribution in [1.29, 1.82) is 0 Å². The van der Waals surface area contributed by atoms with E-state index in [9.17, 15) is 19.0 Å². The Balaban J connectivity index is 3.94. The molecule has 0 saturated heterocycles. The molecule has 0 aliphatic rings. The molecule has 10 heteroatoms. The lowest BCUT2D eigenvalue weighted by Crippen LogP contribution is -2.29. The van der Waals surface area contributed by atoms with E-state index in [0.29, 0.717) is 6.42 Å². The molecular weight excluding hydrogens is 1050 g/mol. The first-order valence-electron chi connectivity index (χ1n) is 34.0. The first-order valence-corrected chi connectivity index (χ1v) is 35.5. The fourth-order valence-corrected chi connectivity index (χ4v) is 10.1. The van der Waals surface area contributed by atoms with Crippen LogP contribution >= 0.6 is 7.82 Å². The van der Waals surface area contributed by atoms with Gasteiger partial charge in [-0.3, -0.25) is 18.6 Å². The van der Waals surface area contributed by atoms with Crippen molar-refractivity contribution >= 4 is 19.8 Å². The average molecular weight is 1180 g/mol. The first kappa shape index (κ1) is 79.4. The maximum Gasteiger partial charge on any atom is 0.472 e. The van der Waals surface area contributed by atoms with Crippen molar-refractivity contribution in [2.45, 2.75) is 302 Å². The fourth-order valence-electron chi connectivity index (χ4n) is 9.33. The number of hydrogen-bond acceptors (Lipinski definition) is 8. The molecule has 0 aliphatic heterocycles. The first-order chi connectivity index (χ1) is 40.8. The highest BCUT2D eigenvalue weighted by Crippen LogP contribution is 2.43. The minimum absolute atomic E-state index is 0.0409. The van der Waals surface area contributed by atoms with Gasteiger partial charge < -0.3 is 20.1 Å². The number of phosphoric ester groups is 1. The van der Waals surface area contributed by atoms with Crippen molar-refractivity contribution in [3.05, 3.63) is 122 Å². The number of carbonyl (C=O) groups is 2. The van der Waals surface area contributed by atoms with Crippen molar-refractivity contribution in [3.8, 4) is 0 Å². The molecule has 2 unspecified atom stereocenters. The van der Waals surface area contributed by atoms with Gasteiger partial charge in [0.2, 0.25) is 0 Å². The second-order valence-electron chi connectivity index (χ2n) is 22.3. The highest BCUT2D eigenvalue weighted by Gasteiger charge is 2.26. The van der Waals surface area contributed by atoms with E-state index >= 15 is 0 Å². The van der Waals surface area contributed by atoms with Gasteiger partial charge in [-0.05, 0) is 109 Å². The van der Waals surface area contributed by atoms with Crippen LogP contribution < -0.4 is 5.73 Å². The Hall–Kier alpha value is -3.59. The SMILES string of the molecule is CC/C=C\C/C=C\C/C=C\C/C=C\C/C=C\C/C=C\C/C=C\C/C=C\CCCCC(=O)OC(COC(=O)CCCCCCCCCCCCCCCCCCCCCCCCC/C=C\C/C=C\CCCCCCC)COP(=O)(O)OCCN. The molecule has 0 aromatic carbocycles. The standard InChI is InChI=1S/C73H126NO8P/c1-3-5-7-9-11-13-15-17-19-21-23-25-27-29-31-32-33-34-35-36-37-38-40-41-43-45-47-49-51-53-55-57-59-61-63-65-72(75)79-69-71(70-81-83(77,78)80-68-67-74)82-73(76)66-64-62-60-58-56-54-52-50-48-46-44-42-39-30-28-26-24-22-20-18-16-14-12-10-8-6-4-2/h6,8,12,14-15,17-18,20-21,23-24,26,30,39,44,46,50,52,56,58,71H,3-5,7,9-11,13,16,19,22,25,27-29,31-38,40-43,45,47-49,51,53-55,57,59-70,74H2,1-2H3,(H,77,78)/b8-6-,14-12-,17-15-,20-18-,23-21-,26-24-,39-30-,46-44-,52-50-,58-56-. The highest BCUT2D eigenvalue weighted by molar-refractivity contribution is 7.47. The summed E-state index contributed by atoms with van der Waals surface area (Å²) in [5.41, 5.74) is 5.39. The maximum absolute atomic E-state index is 12.7. The summed E-state index contributed by atoms with van der Waals surface area (Å²) >= 11 is 0. The largest absolute Gasteiger partial charge is 0.472 e. The number of carbonyl (C=O) groups excluding carboxylic acids is 2. The summed E-state index contributed by atoms with van der Waals surface area (Å²) in [6, 6.07) is 0. The minimum atomic E-state index is -4.41. The van der Waals surface area contributed by atoms with Crippen LogP contribution in [0.15, 0.2) is 122 Å². The van der Waals surface area contributed by atoms with E-state index in [1.165, 1.54) is 173 Å². The molecule has 3 N–H and O–H groups in total. The van der Waals surface area contributed by atoms with E-state index in [1.54, 1.807) is 0 Å². The van der Waals surface area contributed by atoms with Gasteiger partial charge in [-0.15, -0.1) is 0 Å². The van der Waals surface area contributed by atoms with Crippen LogP contribution in [0.5, 0.6) is 0 Å². The Morgan fingerprint density at radius 1 is 0.373 bits per heavy atom. The lowest BCUT2D eigenvalue weighted by atomic mass is 10.0. The molecule has 83 heavy (non-hydrogen) atoms. The molecule has 0 spiro atoms. The third kappa shape index (κ3) is 67.4. The van der Waals surface area contributed by atoms with Crippen LogP contribution in [0.4, 0.5) is 0 Å². The monoisotopic (exact) mass is 1180 g/mol. The van der Waals surface area contributed by atoms with Crippen LogP contribution in [0.1, 0.15) is 296 Å². The van der Waals surface area contributed by atoms with Gasteiger partial charge in [0.05, 0.1) is 13.2 Å². The zero-order valence-corrected chi connectivity index (χ0v) is 54.3. The molecule has 0 bridgehead atoms. The number of phosphoric acid groups is 1. The number of allylic oxidation sites excluding steroid dienone is 20. The second kappa shape index (κ2) is 67.5. The summed E-state index contributed by atoms with van der Waals surface area (Å²) in [7, 11) is -4.41. The molecule has 0 radical (unpaired) electrons. The van der Waals surface area contributed by atoms with Gasteiger partial charge in [-0.2, -0.15) is 0 Å². The molecule has 0 aliphatic carbocycles. The van der Waals surface area contributed by atoms with Crippen molar-refractivity contribution in [3.63, 3.8) is 0 Å². The van der Waals surface area contributed by atoms with Crippen LogP contribution in [0.2, 0.25) is 0 Å². The van der Waals surface area contributed by atoms with Gasteiger partial charge in [0.25, 0.3) is 0 Å². The second-order valence-corrected chi connectivity index (χ2v) is 23.8. The van der Waals surface area contributed by atoms with Gasteiger partial charge in [-0.1, -0.05) is 296 Å². The molecule has 2 atom stereocenters. The molecule has 0 aromatic heterocycles. The Kier molecular flexibility index (Phi) is 64.6. The van der Waals surface area contributed by atoms with E-state index in [2.05, 4.69) is 135 Å². The quantitative estimate of drug-likeness (QED) is 0.0264. The number of nitrogens with two attached hydrogens (primary N) is 1. The Labute approximate surface area is 511 Å². The van der Waals surface area contributed by atoms with Gasteiger partial charge in [-0.25, -0.2) is 4.57 Å². The number of unbranched alkanes of at least 4 members (excludes halogenated alkanes) is 30. The maximum atomic E-state index is 12.7. The number of hydrogen-bond donors (Lipinski definition) is 2. The molecule has 0 fully saturated rings. The Morgan fingerprint density at radius 3 is 1.01 bits per heavy atom. The zero-order valence-electron chi connectivity index (χ0n) is 53.4. The number of ether oxygens (including phenoxy) is 2. The molecule has 476 valence electrons. The minimum Gasteiger partial charge on any atom is -0.462 e. The van der Waals surface area contributed by atoms with E-state index in [-0.39, 0.29) is 32.6 Å². The lowest BCUT2D eigenvalue weighted by molar-refractivity contribution is -0.161. The predicted octanol–water partition coefficient (Wildman–Crippen LogP) is 22.3. The van der Waals surface area contributed by atoms with Gasteiger partial charge >= 0.3 is 19.8 Å². The molecule has 0 rings (SSSR count). The van der Waals surface area contributed by atoms with Crippen molar-refractivity contribution in [1.82, 2.24) is 0 Å². The number of rotatable bonds is 63. The van der Waals surface area contributed by atoms with E-state index < -0.39 is 32.5 Å². The topological polar surface area (TPSA) is 134 Å². The van der Waals surface area contributed by atoms with Crippen molar-refractivity contribution in [2.75, 3.05) is 26.4 Å². The summed E-state index contributed by atoms with van der Waals surface area (Å²) in [5, 5.41) is 0. The van der Waals surface area contributed by atoms with Crippen LogP contribution in [-0.2, 0) is 32.7 Å². The molecule has 0 heterocycles. The molecule has 0 amide bonds. The van der Waals surface area contributed by atoms with E-state index in [0.717, 1.165) is 89.9 Å². The third-order valence-electron chi connectivity index (χ3n) is 14.3. The molecular formula is C73H126NO8P. The average Bonchev–Trinajstić information content (AvgIpc) is 3.48. The molecule has 9 nitrogen and oxygen atoms in total. The van der Waals surface area contributed by atoms with Gasteiger partial charge in [0.15, 0.2) is 6.10 Å². The predicted molar refractivity (Wildman–Crippen MR) is 358 cm³/mol. The summed E-state index contributed by atoms with van der Waals surface area (Å²) in [5.74, 6) is -0.877. The smallest absolute Gasteiger partial charge is 0.462 e. The van der Waals surface area contributed by atoms with Crippen LogP contribution in [0.3, 0.4) is 0 Å². The zero-order chi connectivity index (χ0) is 60.1. The fraction of sp³-hybridized carbons (Fsp3) is 0.699. The van der Waals surface area contributed by atoms with E-state index in [1.807, 2.05) is 0 Å². The molecule has 0 saturated carbocycles. The van der Waals surface area contributed by atoms with E-state index in [4.69, 9.17) is 24.3 Å². The van der Waals surface area contributed by atoms with Crippen LogP contribution in [-0.4, -0.2) is 49.3 Å². The highest BCUT2D eigenvalue weighted by atomic mass is 31.2. The lowest BCUT2D eigenvalue weighted by Gasteiger charge is -2.19. The van der Waals surface area contributed by atoms with Crippen molar-refractivity contribution in [2.24, 2.45) is 5.73 Å². The Morgan fingerprint density at radius 2 is 0.663 bits per heavy atom. The molecule has 0 aromatic rings. The number of esters is 2. The third-order valence-corrected chi connectivity index (χ3v) is 15.3. The van der Waals surface area contributed by atoms with Crippen molar-refractivity contribution < 1.29 is 37.6 Å². The van der Waals surface area contributed by atoms with Gasteiger partial charge in [0.1, 0.15) is 6.61 Å².